The van der Waals surface area contributed by atoms with Crippen LogP contribution in [-0.4, -0.2) is 18.9 Å². The lowest BCUT2D eigenvalue weighted by atomic mass is 9.96. The molecule has 0 fully saturated rings. The Balaban J connectivity index is 1.62. The molecule has 1 unspecified atom stereocenters. The molecule has 0 radical (unpaired) electrons. The Bertz CT molecular complexity index is 1010. The number of nitrogens with zero attached hydrogens (tertiary/aromatic N) is 1. The molecule has 1 N–H and O–H groups in total. The fraction of sp³-hybridized carbons (Fsp3) is 0.259. The fourth-order valence-electron chi connectivity index (χ4n) is 3.47. The number of amides is 2. The lowest BCUT2D eigenvalue weighted by Crippen LogP contribution is -2.26. The predicted octanol–water partition coefficient (Wildman–Crippen LogP) is 5.90. The van der Waals surface area contributed by atoms with Gasteiger partial charge in [0, 0.05) is 24.0 Å². The standard InChI is InChI=1S/C27H30N2O2/c1-19(2)18-21-10-12-22(13-11-21)20(3)26(30)28-24-16-14-23(15-17-24)27(31)29(4)25-8-6-5-7-9-25/h5-17,19-20H,18H2,1-4H3,(H,28,30). The topological polar surface area (TPSA) is 49.4 Å². The fourth-order valence-corrected chi connectivity index (χ4v) is 3.47. The maximum absolute atomic E-state index is 12.7. The second-order valence-corrected chi connectivity index (χ2v) is 8.33. The molecule has 31 heavy (non-hydrogen) atoms. The zero-order valence-electron chi connectivity index (χ0n) is 18.6. The zero-order chi connectivity index (χ0) is 22.4. The van der Waals surface area contributed by atoms with Crippen molar-refractivity contribution in [3.8, 4) is 0 Å². The van der Waals surface area contributed by atoms with Crippen LogP contribution >= 0.6 is 0 Å². The van der Waals surface area contributed by atoms with E-state index in [0.29, 0.717) is 17.2 Å². The van der Waals surface area contributed by atoms with Gasteiger partial charge in [0.1, 0.15) is 0 Å². The van der Waals surface area contributed by atoms with Gasteiger partial charge in [-0.2, -0.15) is 0 Å². The number of hydrogen-bond acceptors (Lipinski definition) is 2. The van der Waals surface area contributed by atoms with Crippen molar-refractivity contribution < 1.29 is 9.59 Å². The first kappa shape index (κ1) is 22.3. The quantitative estimate of drug-likeness (QED) is 0.523. The van der Waals surface area contributed by atoms with Gasteiger partial charge in [0.15, 0.2) is 0 Å². The van der Waals surface area contributed by atoms with Gasteiger partial charge in [-0.25, -0.2) is 0 Å². The maximum atomic E-state index is 12.7. The van der Waals surface area contributed by atoms with Crippen molar-refractivity contribution in [2.45, 2.75) is 33.1 Å². The Morgan fingerprint density at radius 2 is 1.45 bits per heavy atom. The van der Waals surface area contributed by atoms with E-state index in [9.17, 15) is 9.59 Å². The summed E-state index contributed by atoms with van der Waals surface area (Å²) in [6, 6.07) is 24.8. The highest BCUT2D eigenvalue weighted by molar-refractivity contribution is 6.06. The van der Waals surface area contributed by atoms with Crippen LogP contribution in [0.25, 0.3) is 0 Å². The Hall–Kier alpha value is -3.40. The van der Waals surface area contributed by atoms with Gasteiger partial charge in [0.2, 0.25) is 5.91 Å². The van der Waals surface area contributed by atoms with Gasteiger partial charge in [0.25, 0.3) is 5.91 Å². The molecule has 0 saturated heterocycles. The number of anilines is 2. The highest BCUT2D eigenvalue weighted by Gasteiger charge is 2.17. The molecule has 3 rings (SSSR count). The molecule has 0 aromatic heterocycles. The van der Waals surface area contributed by atoms with Crippen molar-refractivity contribution in [3.63, 3.8) is 0 Å². The van der Waals surface area contributed by atoms with E-state index in [2.05, 4.69) is 31.3 Å². The van der Waals surface area contributed by atoms with Gasteiger partial charge < -0.3 is 10.2 Å². The molecular weight excluding hydrogens is 384 g/mol. The number of para-hydroxylation sites is 1. The van der Waals surface area contributed by atoms with Gasteiger partial charge in [-0.1, -0.05) is 56.3 Å². The monoisotopic (exact) mass is 414 g/mol. The first-order valence-corrected chi connectivity index (χ1v) is 10.7. The Labute approximate surface area is 184 Å². The van der Waals surface area contributed by atoms with Crippen LogP contribution in [0.3, 0.4) is 0 Å². The summed E-state index contributed by atoms with van der Waals surface area (Å²) >= 11 is 0. The van der Waals surface area contributed by atoms with E-state index in [1.54, 1.807) is 36.2 Å². The lowest BCUT2D eigenvalue weighted by molar-refractivity contribution is -0.117. The first-order valence-electron chi connectivity index (χ1n) is 10.7. The highest BCUT2D eigenvalue weighted by atomic mass is 16.2. The zero-order valence-corrected chi connectivity index (χ0v) is 18.6. The van der Waals surface area contributed by atoms with E-state index in [1.807, 2.05) is 49.4 Å². The highest BCUT2D eigenvalue weighted by Crippen LogP contribution is 2.21. The summed E-state index contributed by atoms with van der Waals surface area (Å²) in [4.78, 5) is 27.0. The molecular formula is C27H30N2O2. The molecule has 2 amide bonds. The molecule has 1 atom stereocenters. The summed E-state index contributed by atoms with van der Waals surface area (Å²) < 4.78 is 0. The molecule has 0 heterocycles. The summed E-state index contributed by atoms with van der Waals surface area (Å²) in [5.74, 6) is 0.170. The summed E-state index contributed by atoms with van der Waals surface area (Å²) in [6.07, 6.45) is 1.03. The molecule has 0 aliphatic rings. The smallest absolute Gasteiger partial charge is 0.258 e. The van der Waals surface area contributed by atoms with Crippen molar-refractivity contribution in [1.82, 2.24) is 0 Å². The minimum absolute atomic E-state index is 0.0721. The van der Waals surface area contributed by atoms with Gasteiger partial charge >= 0.3 is 0 Å². The van der Waals surface area contributed by atoms with Crippen molar-refractivity contribution in [1.29, 1.82) is 0 Å². The third kappa shape index (κ3) is 5.82. The summed E-state index contributed by atoms with van der Waals surface area (Å²) in [5, 5.41) is 2.95. The molecule has 0 aliphatic carbocycles. The summed E-state index contributed by atoms with van der Waals surface area (Å²) in [5.41, 5.74) is 4.34. The third-order valence-electron chi connectivity index (χ3n) is 5.36. The normalized spacial score (nSPS) is 11.8. The number of nitrogens with one attached hydrogen (secondary N) is 1. The van der Waals surface area contributed by atoms with Crippen LogP contribution < -0.4 is 10.2 Å². The second kappa shape index (κ2) is 10.1. The molecule has 3 aromatic carbocycles. The number of carbonyl (C=O) groups excluding carboxylic acids is 2. The first-order chi connectivity index (χ1) is 14.8. The minimum atomic E-state index is -0.265. The molecule has 3 aromatic rings. The SMILES string of the molecule is CC(C)Cc1ccc(C(C)C(=O)Nc2ccc(C(=O)N(C)c3ccccc3)cc2)cc1. The molecule has 0 saturated carbocycles. The van der Waals surface area contributed by atoms with Crippen molar-refractivity contribution >= 4 is 23.2 Å². The van der Waals surface area contributed by atoms with Crippen LogP contribution in [0.15, 0.2) is 78.9 Å². The van der Waals surface area contributed by atoms with E-state index < -0.39 is 0 Å². The molecule has 4 nitrogen and oxygen atoms in total. The van der Waals surface area contributed by atoms with E-state index in [0.717, 1.165) is 17.7 Å². The summed E-state index contributed by atoms with van der Waals surface area (Å²) in [6.45, 7) is 6.30. The molecule has 4 heteroatoms. The van der Waals surface area contributed by atoms with Crippen LogP contribution in [-0.2, 0) is 11.2 Å². The molecule has 0 bridgehead atoms. The van der Waals surface area contributed by atoms with Crippen molar-refractivity contribution in [2.75, 3.05) is 17.3 Å². The van der Waals surface area contributed by atoms with Crippen LogP contribution in [0.5, 0.6) is 0 Å². The predicted molar refractivity (Wildman–Crippen MR) is 128 cm³/mol. The van der Waals surface area contributed by atoms with E-state index in [-0.39, 0.29) is 17.7 Å². The van der Waals surface area contributed by atoms with Gasteiger partial charge in [-0.3, -0.25) is 9.59 Å². The Morgan fingerprint density at radius 3 is 2.03 bits per heavy atom. The van der Waals surface area contributed by atoms with Crippen LogP contribution in [0.1, 0.15) is 48.2 Å². The third-order valence-corrected chi connectivity index (χ3v) is 5.36. The van der Waals surface area contributed by atoms with Crippen molar-refractivity contribution in [3.05, 3.63) is 95.6 Å². The molecule has 0 aliphatic heterocycles. The van der Waals surface area contributed by atoms with Crippen LogP contribution in [0.2, 0.25) is 0 Å². The largest absolute Gasteiger partial charge is 0.326 e. The van der Waals surface area contributed by atoms with Crippen LogP contribution in [0, 0.1) is 5.92 Å². The molecule has 160 valence electrons. The number of hydrogen-bond donors (Lipinski definition) is 1. The Morgan fingerprint density at radius 1 is 0.839 bits per heavy atom. The number of benzene rings is 3. The maximum Gasteiger partial charge on any atom is 0.258 e. The second-order valence-electron chi connectivity index (χ2n) is 8.33. The summed E-state index contributed by atoms with van der Waals surface area (Å²) in [7, 11) is 1.75. The average Bonchev–Trinajstić information content (AvgIpc) is 2.79. The van der Waals surface area contributed by atoms with E-state index in [4.69, 9.17) is 0 Å². The average molecular weight is 415 g/mol. The van der Waals surface area contributed by atoms with E-state index >= 15 is 0 Å². The van der Waals surface area contributed by atoms with Crippen molar-refractivity contribution in [2.24, 2.45) is 5.92 Å². The number of carbonyl (C=O) groups is 2. The van der Waals surface area contributed by atoms with Gasteiger partial charge in [-0.15, -0.1) is 0 Å². The number of rotatable bonds is 7. The Kier molecular flexibility index (Phi) is 7.24. The van der Waals surface area contributed by atoms with E-state index in [1.165, 1.54) is 5.56 Å². The lowest BCUT2D eigenvalue weighted by Gasteiger charge is -2.18. The molecule has 0 spiro atoms. The van der Waals surface area contributed by atoms with Gasteiger partial charge in [-0.05, 0) is 66.8 Å². The van der Waals surface area contributed by atoms with Gasteiger partial charge in [0.05, 0.1) is 5.92 Å². The minimum Gasteiger partial charge on any atom is -0.326 e. The van der Waals surface area contributed by atoms with Crippen LogP contribution in [0.4, 0.5) is 11.4 Å².